The van der Waals surface area contributed by atoms with Crippen LogP contribution in [0.5, 0.6) is 0 Å². The summed E-state index contributed by atoms with van der Waals surface area (Å²) < 4.78 is 61.3. The Kier molecular flexibility index (Phi) is 11.5. The summed E-state index contributed by atoms with van der Waals surface area (Å²) >= 11 is 0. The van der Waals surface area contributed by atoms with E-state index in [-0.39, 0.29) is 35.2 Å². The van der Waals surface area contributed by atoms with Crippen molar-refractivity contribution >= 4 is 16.4 Å². The van der Waals surface area contributed by atoms with Crippen molar-refractivity contribution in [3.05, 3.63) is 11.6 Å². The van der Waals surface area contributed by atoms with Crippen LogP contribution in [-0.2, 0) is 38.3 Å². The molecule has 332 valence electrons. The van der Waals surface area contributed by atoms with E-state index in [1.807, 2.05) is 13.8 Å². The molecule has 2 aliphatic heterocycles. The number of carbonyl (C=O) groups is 1. The number of esters is 1. The monoisotopic (exact) mass is 846 g/mol. The van der Waals surface area contributed by atoms with Gasteiger partial charge in [-0.2, -0.15) is 8.42 Å². The Labute approximate surface area is 341 Å². The number of aliphatic hydroxyl groups is 7. The van der Waals surface area contributed by atoms with Gasteiger partial charge in [0.15, 0.2) is 12.4 Å². The minimum absolute atomic E-state index is 0.143. The van der Waals surface area contributed by atoms with Crippen molar-refractivity contribution in [1.29, 1.82) is 0 Å². The summed E-state index contributed by atoms with van der Waals surface area (Å²) in [5, 5.41) is 74.7. The van der Waals surface area contributed by atoms with Crippen LogP contribution in [0.2, 0.25) is 0 Å². The van der Waals surface area contributed by atoms with E-state index in [4.69, 9.17) is 23.1 Å². The molecule has 7 aliphatic rings. The Hall–Kier alpha value is -1.32. The molecule has 0 bridgehead atoms. The fourth-order valence-corrected chi connectivity index (χ4v) is 14.2. The maximum atomic E-state index is 14.6. The summed E-state index contributed by atoms with van der Waals surface area (Å²) in [6.07, 6.45) is -6.49. The van der Waals surface area contributed by atoms with Crippen LogP contribution in [0.4, 0.5) is 0 Å². The molecule has 2 heterocycles. The minimum atomic E-state index is -5.01. The Morgan fingerprint density at radius 1 is 0.862 bits per heavy atom. The molecule has 6 fully saturated rings. The summed E-state index contributed by atoms with van der Waals surface area (Å²) in [6, 6.07) is 0. The van der Waals surface area contributed by atoms with Crippen molar-refractivity contribution in [2.75, 3.05) is 13.2 Å². The van der Waals surface area contributed by atoms with Crippen molar-refractivity contribution in [3.63, 3.8) is 0 Å². The Bertz CT molecular complexity index is 1720. The summed E-state index contributed by atoms with van der Waals surface area (Å²) in [7, 11) is -5.01. The zero-order chi connectivity index (χ0) is 42.8. The van der Waals surface area contributed by atoms with Crippen LogP contribution < -0.4 is 0 Å². The number of ether oxygens (including phenoxy) is 4. The molecule has 19 atom stereocenters. The van der Waals surface area contributed by atoms with Crippen molar-refractivity contribution in [2.24, 2.45) is 50.7 Å². The van der Waals surface area contributed by atoms with Crippen LogP contribution >= 0.6 is 0 Å². The second kappa shape index (κ2) is 14.9. The number of fused-ring (bicyclic) bond motifs is 7. The van der Waals surface area contributed by atoms with Crippen molar-refractivity contribution in [3.8, 4) is 0 Å². The van der Waals surface area contributed by atoms with Crippen LogP contribution in [0.3, 0.4) is 0 Å². The van der Waals surface area contributed by atoms with E-state index in [9.17, 15) is 53.5 Å². The molecule has 0 aromatic rings. The maximum absolute atomic E-state index is 14.6. The van der Waals surface area contributed by atoms with Gasteiger partial charge in [0.2, 0.25) is 6.29 Å². The lowest BCUT2D eigenvalue weighted by molar-refractivity contribution is -0.304. The van der Waals surface area contributed by atoms with Gasteiger partial charge < -0.3 is 54.7 Å². The van der Waals surface area contributed by atoms with Crippen molar-refractivity contribution in [2.45, 2.75) is 173 Å². The van der Waals surface area contributed by atoms with Gasteiger partial charge in [0.05, 0.1) is 30.3 Å². The van der Waals surface area contributed by atoms with E-state index >= 15 is 0 Å². The SMILES string of the molecule is CC1CCC2(C(=O)OC3OC(CO)C(O)C(O)C3O)CCC3(C)C(=CCC4C5(C)CCC(OC6OCC(O)C(O)C6OS(=O)(=O)O)C(C)(C)C5CCC43C)C2C1(C)O. The Morgan fingerprint density at radius 3 is 2.21 bits per heavy atom. The molecule has 4 saturated carbocycles. The molecule has 0 amide bonds. The lowest BCUT2D eigenvalue weighted by atomic mass is 9.33. The molecule has 58 heavy (non-hydrogen) atoms. The Balaban J connectivity index is 1.18. The van der Waals surface area contributed by atoms with Gasteiger partial charge in [-0.25, -0.2) is 4.18 Å². The van der Waals surface area contributed by atoms with E-state index in [0.29, 0.717) is 38.5 Å². The molecular formula is C41H66O16S. The van der Waals surface area contributed by atoms with Crippen molar-refractivity contribution < 1.29 is 76.6 Å². The molecule has 17 heteroatoms. The zero-order valence-corrected chi connectivity index (χ0v) is 35.5. The normalized spacial score (nSPS) is 52.9. The molecule has 16 nitrogen and oxygen atoms in total. The molecule has 5 aliphatic carbocycles. The molecule has 0 spiro atoms. The maximum Gasteiger partial charge on any atom is 0.397 e. The first-order valence-electron chi connectivity index (χ1n) is 21.0. The largest absolute Gasteiger partial charge is 0.432 e. The molecule has 0 aromatic heterocycles. The Morgan fingerprint density at radius 2 is 1.55 bits per heavy atom. The summed E-state index contributed by atoms with van der Waals surface area (Å²) in [4.78, 5) is 14.6. The standard InChI is InChI=1S/C41H66O16S/c1-20-10-15-41(35(48)56-33-30(47)29(46)28(45)23(18-42)54-33)17-16-38(5)21(32(41)40(20,7)49)8-9-25-37(4)13-12-26(36(2,3)24(37)11-14-39(25,38)6)55-34-31(57-58(50,51)52)27(44)22(43)19-53-34/h8,20,22-34,42-47,49H,9-19H2,1-7H3,(H,50,51,52). The lowest BCUT2D eigenvalue weighted by Crippen LogP contribution is -2.68. The lowest BCUT2D eigenvalue weighted by Gasteiger charge is -2.72. The predicted molar refractivity (Wildman–Crippen MR) is 203 cm³/mol. The second-order valence-corrected chi connectivity index (χ2v) is 21.4. The number of allylic oxidation sites excluding steroid dienone is 1. The molecule has 0 aromatic carbocycles. The second-order valence-electron chi connectivity index (χ2n) is 20.4. The highest BCUT2D eigenvalue weighted by atomic mass is 32.3. The first-order valence-corrected chi connectivity index (χ1v) is 22.4. The summed E-state index contributed by atoms with van der Waals surface area (Å²) in [5.74, 6) is -1.07. The van der Waals surface area contributed by atoms with Crippen LogP contribution in [0.1, 0.15) is 106 Å². The summed E-state index contributed by atoms with van der Waals surface area (Å²) in [6.45, 7) is 14.1. The molecule has 0 radical (unpaired) electrons. The molecule has 19 unspecified atom stereocenters. The van der Waals surface area contributed by atoms with Gasteiger partial charge >= 0.3 is 16.4 Å². The quantitative estimate of drug-likeness (QED) is 0.0786. The van der Waals surface area contributed by atoms with E-state index in [2.05, 4.69) is 40.7 Å². The van der Waals surface area contributed by atoms with Crippen LogP contribution in [0.15, 0.2) is 11.6 Å². The highest BCUT2D eigenvalue weighted by Crippen LogP contribution is 2.76. The third-order valence-electron chi connectivity index (χ3n) is 17.4. The van der Waals surface area contributed by atoms with E-state index in [1.54, 1.807) is 0 Å². The molecule has 8 N–H and O–H groups in total. The van der Waals surface area contributed by atoms with Gasteiger partial charge in [-0.05, 0) is 104 Å². The van der Waals surface area contributed by atoms with E-state index in [1.165, 1.54) is 0 Å². The van der Waals surface area contributed by atoms with Gasteiger partial charge in [0.1, 0.15) is 36.6 Å². The average Bonchev–Trinajstić information content (AvgIpc) is 3.13. The number of hydrogen-bond donors (Lipinski definition) is 8. The minimum Gasteiger partial charge on any atom is -0.432 e. The first-order chi connectivity index (χ1) is 26.8. The van der Waals surface area contributed by atoms with Gasteiger partial charge in [0, 0.05) is 5.92 Å². The average molecular weight is 847 g/mol. The van der Waals surface area contributed by atoms with Gasteiger partial charge in [-0.1, -0.05) is 53.2 Å². The molecular weight excluding hydrogens is 781 g/mol. The number of hydrogen-bond acceptors (Lipinski definition) is 15. The first kappa shape index (κ1) is 44.7. The number of rotatable bonds is 7. The topological polar surface area (TPSA) is 259 Å². The smallest absolute Gasteiger partial charge is 0.397 e. The third kappa shape index (κ3) is 6.67. The third-order valence-corrected chi connectivity index (χ3v) is 17.9. The number of aliphatic hydroxyl groups excluding tert-OH is 6. The van der Waals surface area contributed by atoms with Gasteiger partial charge in [-0.3, -0.25) is 9.35 Å². The fraction of sp³-hybridized carbons (Fsp3) is 0.927. The highest BCUT2D eigenvalue weighted by molar-refractivity contribution is 7.80. The van der Waals surface area contributed by atoms with Gasteiger partial charge in [-0.15, -0.1) is 0 Å². The predicted octanol–water partition coefficient (Wildman–Crippen LogP) is 1.75. The number of carbonyl (C=O) groups excluding carboxylic acids is 1. The highest BCUT2D eigenvalue weighted by Gasteiger charge is 2.72. The van der Waals surface area contributed by atoms with Crippen LogP contribution in [-0.4, -0.2) is 135 Å². The molecule has 2 saturated heterocycles. The van der Waals surface area contributed by atoms with E-state index < -0.39 is 112 Å². The molecule has 7 rings (SSSR count). The van der Waals surface area contributed by atoms with Gasteiger partial charge in [0.25, 0.3) is 0 Å². The summed E-state index contributed by atoms with van der Waals surface area (Å²) in [5.41, 5.74) is -2.76. The van der Waals surface area contributed by atoms with Crippen LogP contribution in [0.25, 0.3) is 0 Å². The van der Waals surface area contributed by atoms with Crippen LogP contribution in [0, 0.1) is 50.7 Å². The van der Waals surface area contributed by atoms with E-state index in [0.717, 1.165) is 24.8 Å². The zero-order valence-electron chi connectivity index (χ0n) is 34.7. The fourth-order valence-electron chi connectivity index (χ4n) is 13.7. The van der Waals surface area contributed by atoms with Crippen molar-refractivity contribution in [1.82, 2.24) is 0 Å².